The van der Waals surface area contributed by atoms with Crippen LogP contribution in [0.3, 0.4) is 0 Å². The van der Waals surface area contributed by atoms with Gasteiger partial charge in [0.05, 0.1) is 21.7 Å². The Morgan fingerprint density at radius 2 is 1.76 bits per heavy atom. The van der Waals surface area contributed by atoms with Crippen LogP contribution in [0.5, 0.6) is 5.75 Å². The standard InChI is InChI=1S/C17H14Cl3NO4/c1-3-24-11-6-4-10(5-7-11)16(22)9(2)25-17(23)15-14(20)13(19)12(18)8-21-15/h4-9H,3H2,1-2H3/t9-/m0/s1. The molecule has 1 aromatic carbocycles. The molecule has 0 amide bonds. The summed E-state index contributed by atoms with van der Waals surface area (Å²) >= 11 is 17.6. The zero-order valence-electron chi connectivity index (χ0n) is 13.4. The molecule has 2 aromatic rings. The Hall–Kier alpha value is -1.82. The van der Waals surface area contributed by atoms with E-state index < -0.39 is 12.1 Å². The average molecular weight is 403 g/mol. The normalized spacial score (nSPS) is 11.7. The molecule has 8 heteroatoms. The number of benzene rings is 1. The maximum atomic E-state index is 12.4. The maximum Gasteiger partial charge on any atom is 0.359 e. The summed E-state index contributed by atoms with van der Waals surface area (Å²) in [6.07, 6.45) is 0.156. The minimum atomic E-state index is -1.03. The van der Waals surface area contributed by atoms with Crippen LogP contribution in [0.25, 0.3) is 0 Å². The van der Waals surface area contributed by atoms with Gasteiger partial charge in [-0.25, -0.2) is 9.78 Å². The van der Waals surface area contributed by atoms with Gasteiger partial charge in [-0.05, 0) is 38.1 Å². The second kappa shape index (κ2) is 8.52. The van der Waals surface area contributed by atoms with E-state index in [1.54, 1.807) is 24.3 Å². The number of hydrogen-bond acceptors (Lipinski definition) is 5. The first-order chi connectivity index (χ1) is 11.8. The molecule has 1 aromatic heterocycles. The van der Waals surface area contributed by atoms with Gasteiger partial charge >= 0.3 is 5.97 Å². The monoisotopic (exact) mass is 401 g/mol. The summed E-state index contributed by atoms with van der Waals surface area (Å²) in [5.41, 5.74) is 0.180. The molecule has 25 heavy (non-hydrogen) atoms. The first kappa shape index (κ1) is 19.5. The maximum absolute atomic E-state index is 12.4. The minimum absolute atomic E-state index is 0.00391. The van der Waals surface area contributed by atoms with Crippen molar-refractivity contribution in [3.63, 3.8) is 0 Å². The van der Waals surface area contributed by atoms with Crippen LogP contribution >= 0.6 is 34.8 Å². The van der Waals surface area contributed by atoms with Crippen molar-refractivity contribution in [3.05, 3.63) is 56.8 Å². The summed E-state index contributed by atoms with van der Waals surface area (Å²) in [5.74, 6) is -0.585. The van der Waals surface area contributed by atoms with Gasteiger partial charge in [0, 0.05) is 11.8 Å². The summed E-state index contributed by atoms with van der Waals surface area (Å²) in [6, 6.07) is 6.54. The molecule has 0 saturated carbocycles. The van der Waals surface area contributed by atoms with Crippen molar-refractivity contribution in [2.24, 2.45) is 0 Å². The van der Waals surface area contributed by atoms with Crippen LogP contribution in [-0.4, -0.2) is 29.4 Å². The van der Waals surface area contributed by atoms with Gasteiger partial charge in [0.2, 0.25) is 5.78 Å². The summed E-state index contributed by atoms with van der Waals surface area (Å²) < 4.78 is 10.5. The van der Waals surface area contributed by atoms with Gasteiger partial charge in [-0.3, -0.25) is 4.79 Å². The minimum Gasteiger partial charge on any atom is -0.494 e. The van der Waals surface area contributed by atoms with E-state index in [9.17, 15) is 9.59 Å². The lowest BCUT2D eigenvalue weighted by Crippen LogP contribution is -2.25. The first-order valence-corrected chi connectivity index (χ1v) is 8.46. The van der Waals surface area contributed by atoms with Crippen LogP contribution in [0.2, 0.25) is 15.1 Å². The predicted octanol–water partition coefficient (Wildman–Crippen LogP) is 4.87. The number of carbonyl (C=O) groups excluding carboxylic acids is 2. The SMILES string of the molecule is CCOc1ccc(C(=O)[C@H](C)OC(=O)c2ncc(Cl)c(Cl)c2Cl)cc1. The number of Topliss-reactive ketones (excluding diaryl/α,β-unsaturated/α-hetero) is 1. The van der Waals surface area contributed by atoms with Crippen LogP contribution in [0.4, 0.5) is 0 Å². The van der Waals surface area contributed by atoms with Gasteiger partial charge < -0.3 is 9.47 Å². The van der Waals surface area contributed by atoms with Crippen LogP contribution in [-0.2, 0) is 4.74 Å². The molecule has 0 radical (unpaired) electrons. The molecule has 2 rings (SSSR count). The number of ether oxygens (including phenoxy) is 2. The van der Waals surface area contributed by atoms with Crippen molar-refractivity contribution in [2.45, 2.75) is 20.0 Å². The second-order valence-electron chi connectivity index (χ2n) is 4.95. The van der Waals surface area contributed by atoms with Gasteiger partial charge in [0.15, 0.2) is 11.8 Å². The second-order valence-corrected chi connectivity index (χ2v) is 6.12. The number of rotatable bonds is 6. The van der Waals surface area contributed by atoms with Gasteiger partial charge in [-0.1, -0.05) is 34.8 Å². The number of aromatic nitrogens is 1. The van der Waals surface area contributed by atoms with Crippen molar-refractivity contribution in [1.29, 1.82) is 0 Å². The Balaban J connectivity index is 2.10. The van der Waals surface area contributed by atoms with E-state index in [1.165, 1.54) is 13.1 Å². The smallest absolute Gasteiger partial charge is 0.359 e. The molecule has 1 atom stereocenters. The van der Waals surface area contributed by atoms with Crippen molar-refractivity contribution >= 4 is 46.6 Å². The molecule has 1 heterocycles. The number of nitrogens with zero attached hydrogens (tertiary/aromatic N) is 1. The van der Waals surface area contributed by atoms with Crippen LogP contribution in [0.1, 0.15) is 34.7 Å². The van der Waals surface area contributed by atoms with Gasteiger partial charge in [-0.15, -0.1) is 0 Å². The van der Waals surface area contributed by atoms with E-state index in [-0.39, 0.29) is 26.5 Å². The molecule has 5 nitrogen and oxygen atoms in total. The largest absolute Gasteiger partial charge is 0.494 e. The molecular weight excluding hydrogens is 389 g/mol. The van der Waals surface area contributed by atoms with Crippen LogP contribution in [0, 0.1) is 0 Å². The summed E-state index contributed by atoms with van der Waals surface area (Å²) in [7, 11) is 0. The molecule has 0 fully saturated rings. The molecule has 0 N–H and O–H groups in total. The Morgan fingerprint density at radius 3 is 2.36 bits per heavy atom. The number of ketones is 1. The Labute approximate surface area is 159 Å². The molecule has 0 aliphatic heterocycles. The first-order valence-electron chi connectivity index (χ1n) is 7.32. The quantitative estimate of drug-likeness (QED) is 0.509. The molecule has 0 aliphatic rings. The zero-order chi connectivity index (χ0) is 18.6. The number of halogens is 3. The molecule has 0 saturated heterocycles. The lowest BCUT2D eigenvalue weighted by molar-refractivity contribution is 0.0313. The molecule has 132 valence electrons. The lowest BCUT2D eigenvalue weighted by Gasteiger charge is -2.13. The number of hydrogen-bond donors (Lipinski definition) is 0. The van der Waals surface area contributed by atoms with Gasteiger partial charge in [0.1, 0.15) is 5.75 Å². The highest BCUT2D eigenvalue weighted by molar-refractivity contribution is 6.48. The third-order valence-electron chi connectivity index (χ3n) is 3.21. The fraction of sp³-hybridized carbons (Fsp3) is 0.235. The average Bonchev–Trinajstić information content (AvgIpc) is 2.60. The lowest BCUT2D eigenvalue weighted by atomic mass is 10.1. The van der Waals surface area contributed by atoms with Crippen LogP contribution < -0.4 is 4.74 Å². The Bertz CT molecular complexity index is 793. The molecule has 0 spiro atoms. The van der Waals surface area contributed by atoms with Gasteiger partial charge in [-0.2, -0.15) is 0 Å². The molecular formula is C17H14Cl3NO4. The highest BCUT2D eigenvalue weighted by Crippen LogP contribution is 2.31. The van der Waals surface area contributed by atoms with E-state index in [1.807, 2.05) is 6.92 Å². The van der Waals surface area contributed by atoms with E-state index in [2.05, 4.69) is 4.98 Å². The van der Waals surface area contributed by atoms with Crippen molar-refractivity contribution in [3.8, 4) is 5.75 Å². The predicted molar refractivity (Wildman–Crippen MR) is 96.1 cm³/mol. The van der Waals surface area contributed by atoms with Crippen molar-refractivity contribution in [2.75, 3.05) is 6.61 Å². The zero-order valence-corrected chi connectivity index (χ0v) is 15.7. The van der Waals surface area contributed by atoms with Crippen molar-refractivity contribution in [1.82, 2.24) is 4.98 Å². The van der Waals surface area contributed by atoms with Gasteiger partial charge in [0.25, 0.3) is 0 Å². The number of carbonyl (C=O) groups is 2. The Morgan fingerprint density at radius 1 is 1.12 bits per heavy atom. The Kier molecular flexibility index (Phi) is 6.64. The van der Waals surface area contributed by atoms with Crippen LogP contribution in [0.15, 0.2) is 30.5 Å². The topological polar surface area (TPSA) is 65.5 Å². The summed E-state index contributed by atoms with van der Waals surface area (Å²) in [4.78, 5) is 28.3. The van der Waals surface area contributed by atoms with Crippen molar-refractivity contribution < 1.29 is 19.1 Å². The number of esters is 1. The highest BCUT2D eigenvalue weighted by Gasteiger charge is 2.24. The fourth-order valence-corrected chi connectivity index (χ4v) is 2.53. The van der Waals surface area contributed by atoms with E-state index >= 15 is 0 Å². The highest BCUT2D eigenvalue weighted by atomic mass is 35.5. The molecule has 0 unspecified atom stereocenters. The summed E-state index contributed by atoms with van der Waals surface area (Å²) in [6.45, 7) is 3.85. The third kappa shape index (κ3) is 4.63. The van der Waals surface area contributed by atoms with E-state index in [0.29, 0.717) is 17.9 Å². The fourth-order valence-electron chi connectivity index (χ4n) is 1.97. The molecule has 0 bridgehead atoms. The van der Waals surface area contributed by atoms with E-state index in [4.69, 9.17) is 44.3 Å². The summed E-state index contributed by atoms with van der Waals surface area (Å²) in [5, 5.41) is -0.0163. The molecule has 0 aliphatic carbocycles. The van der Waals surface area contributed by atoms with E-state index in [0.717, 1.165) is 0 Å². The third-order valence-corrected chi connectivity index (χ3v) is 4.45. The number of pyridine rings is 1.